The second-order valence-electron chi connectivity index (χ2n) is 7.95. The second-order valence-corrected chi connectivity index (χ2v) is 7.95. The molecule has 3 aliphatic rings. The Balaban J connectivity index is 1.34. The summed E-state index contributed by atoms with van der Waals surface area (Å²) >= 11 is 0. The zero-order chi connectivity index (χ0) is 16.2. The van der Waals surface area contributed by atoms with Crippen LogP contribution in [0.2, 0.25) is 0 Å². The molecule has 3 nitrogen and oxygen atoms in total. The maximum absolute atomic E-state index is 6.18. The van der Waals surface area contributed by atoms with Crippen LogP contribution in [0, 0.1) is 0 Å². The van der Waals surface area contributed by atoms with Crippen molar-refractivity contribution < 1.29 is 4.74 Å². The maximum Gasteiger partial charge on any atom is 0.120 e. The lowest BCUT2D eigenvalue weighted by Crippen LogP contribution is -2.46. The summed E-state index contributed by atoms with van der Waals surface area (Å²) in [6.07, 6.45) is 11.1. The molecule has 1 aromatic rings. The third kappa shape index (κ3) is 4.12. The average Bonchev–Trinajstić information content (AvgIpc) is 3.29. The van der Waals surface area contributed by atoms with Crippen molar-refractivity contribution in [2.75, 3.05) is 26.2 Å². The molecule has 132 valence electrons. The minimum Gasteiger partial charge on any atom is -0.490 e. The third-order valence-corrected chi connectivity index (χ3v) is 6.05. The molecule has 2 saturated heterocycles. The van der Waals surface area contributed by atoms with Crippen LogP contribution in [0.5, 0.6) is 5.75 Å². The standard InChI is InChI=1S/C21H32N2O/c1-2-10-20(9-1)24-21-11-5-7-18(15-21)16-22-12-6-8-19(17-22)23-13-3-4-14-23/h5,7,11,15,19-20H,1-4,6,8-10,12-14,16-17H2. The summed E-state index contributed by atoms with van der Waals surface area (Å²) < 4.78 is 6.18. The molecule has 1 unspecified atom stereocenters. The van der Waals surface area contributed by atoms with E-state index < -0.39 is 0 Å². The summed E-state index contributed by atoms with van der Waals surface area (Å²) in [5.41, 5.74) is 1.41. The second kappa shape index (κ2) is 7.88. The topological polar surface area (TPSA) is 15.7 Å². The molecule has 1 atom stereocenters. The van der Waals surface area contributed by atoms with Crippen LogP contribution in [0.15, 0.2) is 24.3 Å². The molecule has 1 saturated carbocycles. The Labute approximate surface area is 147 Å². The molecule has 0 radical (unpaired) electrons. The molecule has 3 heteroatoms. The average molecular weight is 329 g/mol. The monoisotopic (exact) mass is 328 g/mol. The number of benzene rings is 1. The van der Waals surface area contributed by atoms with Crippen molar-refractivity contribution >= 4 is 0 Å². The lowest BCUT2D eigenvalue weighted by Gasteiger charge is -2.37. The first-order valence-electron chi connectivity index (χ1n) is 10.1. The van der Waals surface area contributed by atoms with Gasteiger partial charge in [-0.15, -0.1) is 0 Å². The Bertz CT molecular complexity index is 520. The van der Waals surface area contributed by atoms with Crippen molar-refractivity contribution in [3.63, 3.8) is 0 Å². The van der Waals surface area contributed by atoms with E-state index in [2.05, 4.69) is 34.1 Å². The number of hydrogen-bond donors (Lipinski definition) is 0. The molecule has 4 rings (SSSR count). The largest absolute Gasteiger partial charge is 0.490 e. The van der Waals surface area contributed by atoms with Gasteiger partial charge >= 0.3 is 0 Å². The zero-order valence-corrected chi connectivity index (χ0v) is 15.0. The van der Waals surface area contributed by atoms with E-state index in [0.717, 1.165) is 18.3 Å². The number of ether oxygens (including phenoxy) is 1. The number of piperidine rings is 1. The van der Waals surface area contributed by atoms with Gasteiger partial charge in [0, 0.05) is 19.1 Å². The van der Waals surface area contributed by atoms with Gasteiger partial charge in [0.15, 0.2) is 0 Å². The highest BCUT2D eigenvalue weighted by atomic mass is 16.5. The highest BCUT2D eigenvalue weighted by molar-refractivity contribution is 5.28. The summed E-state index contributed by atoms with van der Waals surface area (Å²) in [5.74, 6) is 1.08. The third-order valence-electron chi connectivity index (χ3n) is 6.05. The van der Waals surface area contributed by atoms with Crippen molar-refractivity contribution in [2.45, 2.75) is 70.1 Å². The van der Waals surface area contributed by atoms with Crippen LogP contribution in [-0.4, -0.2) is 48.1 Å². The molecule has 0 spiro atoms. The number of hydrogen-bond acceptors (Lipinski definition) is 3. The molecule has 2 aliphatic heterocycles. The van der Waals surface area contributed by atoms with E-state index in [1.165, 1.54) is 83.1 Å². The number of likely N-dealkylation sites (tertiary alicyclic amines) is 2. The van der Waals surface area contributed by atoms with Gasteiger partial charge in [-0.25, -0.2) is 0 Å². The van der Waals surface area contributed by atoms with Crippen molar-refractivity contribution in [1.82, 2.24) is 9.80 Å². The van der Waals surface area contributed by atoms with Gasteiger partial charge in [-0.3, -0.25) is 9.80 Å². The maximum atomic E-state index is 6.18. The first kappa shape index (κ1) is 16.4. The molecule has 0 aromatic heterocycles. The Morgan fingerprint density at radius 2 is 1.75 bits per heavy atom. The first-order chi connectivity index (χ1) is 11.9. The quantitative estimate of drug-likeness (QED) is 0.810. The van der Waals surface area contributed by atoms with Crippen molar-refractivity contribution in [3.8, 4) is 5.75 Å². The van der Waals surface area contributed by atoms with Gasteiger partial charge < -0.3 is 4.74 Å². The minimum atomic E-state index is 0.454. The normalized spacial score (nSPS) is 26.9. The predicted octanol–water partition coefficient (Wildman–Crippen LogP) is 4.07. The van der Waals surface area contributed by atoms with Crippen LogP contribution in [0.25, 0.3) is 0 Å². The summed E-state index contributed by atoms with van der Waals surface area (Å²) in [6, 6.07) is 9.63. The van der Waals surface area contributed by atoms with E-state index in [0.29, 0.717) is 6.10 Å². The SMILES string of the molecule is c1cc(CN2CCCC(N3CCCC3)C2)cc(OC2CCCC2)c1. The van der Waals surface area contributed by atoms with Gasteiger partial charge in [-0.1, -0.05) is 12.1 Å². The lowest BCUT2D eigenvalue weighted by atomic mass is 10.0. The van der Waals surface area contributed by atoms with E-state index in [9.17, 15) is 0 Å². The van der Waals surface area contributed by atoms with Crippen LogP contribution in [0.4, 0.5) is 0 Å². The van der Waals surface area contributed by atoms with E-state index in [1.807, 2.05) is 0 Å². The lowest BCUT2D eigenvalue weighted by molar-refractivity contribution is 0.110. The van der Waals surface area contributed by atoms with E-state index in [1.54, 1.807) is 0 Å². The van der Waals surface area contributed by atoms with Crippen molar-refractivity contribution in [2.24, 2.45) is 0 Å². The highest BCUT2D eigenvalue weighted by Gasteiger charge is 2.27. The minimum absolute atomic E-state index is 0.454. The fourth-order valence-electron chi connectivity index (χ4n) is 4.75. The van der Waals surface area contributed by atoms with Crippen LogP contribution >= 0.6 is 0 Å². The van der Waals surface area contributed by atoms with E-state index in [4.69, 9.17) is 4.74 Å². The highest BCUT2D eigenvalue weighted by Crippen LogP contribution is 2.26. The summed E-state index contributed by atoms with van der Waals surface area (Å²) in [4.78, 5) is 5.38. The van der Waals surface area contributed by atoms with Gasteiger partial charge in [0.25, 0.3) is 0 Å². The molecular formula is C21H32N2O. The number of nitrogens with zero attached hydrogens (tertiary/aromatic N) is 2. The first-order valence-corrected chi connectivity index (χ1v) is 10.1. The van der Waals surface area contributed by atoms with Gasteiger partial charge in [-0.05, 0) is 88.7 Å². The Hall–Kier alpha value is -1.06. The fourth-order valence-corrected chi connectivity index (χ4v) is 4.75. The van der Waals surface area contributed by atoms with Crippen LogP contribution in [0.1, 0.15) is 56.9 Å². The molecule has 2 heterocycles. The molecule has 0 N–H and O–H groups in total. The molecule has 1 aromatic carbocycles. The molecule has 0 amide bonds. The summed E-state index contributed by atoms with van der Waals surface area (Å²) in [6.45, 7) is 6.21. The Morgan fingerprint density at radius 1 is 0.917 bits per heavy atom. The van der Waals surface area contributed by atoms with Gasteiger partial charge in [0.05, 0.1) is 6.10 Å². The molecule has 3 fully saturated rings. The zero-order valence-electron chi connectivity index (χ0n) is 15.0. The van der Waals surface area contributed by atoms with Gasteiger partial charge in [-0.2, -0.15) is 0 Å². The van der Waals surface area contributed by atoms with E-state index in [-0.39, 0.29) is 0 Å². The van der Waals surface area contributed by atoms with Crippen LogP contribution < -0.4 is 4.74 Å². The van der Waals surface area contributed by atoms with Gasteiger partial charge in [0.2, 0.25) is 0 Å². The molecular weight excluding hydrogens is 296 g/mol. The smallest absolute Gasteiger partial charge is 0.120 e. The Morgan fingerprint density at radius 3 is 2.58 bits per heavy atom. The fraction of sp³-hybridized carbons (Fsp3) is 0.714. The van der Waals surface area contributed by atoms with Crippen LogP contribution in [0.3, 0.4) is 0 Å². The molecule has 24 heavy (non-hydrogen) atoms. The summed E-state index contributed by atoms with van der Waals surface area (Å²) in [5, 5.41) is 0. The molecule has 0 bridgehead atoms. The van der Waals surface area contributed by atoms with Crippen molar-refractivity contribution in [3.05, 3.63) is 29.8 Å². The predicted molar refractivity (Wildman–Crippen MR) is 98.4 cm³/mol. The van der Waals surface area contributed by atoms with Crippen molar-refractivity contribution in [1.29, 1.82) is 0 Å². The number of rotatable bonds is 5. The van der Waals surface area contributed by atoms with Gasteiger partial charge in [0.1, 0.15) is 5.75 Å². The summed E-state index contributed by atoms with van der Waals surface area (Å²) in [7, 11) is 0. The molecule has 1 aliphatic carbocycles. The van der Waals surface area contributed by atoms with Crippen LogP contribution in [-0.2, 0) is 6.54 Å². The van der Waals surface area contributed by atoms with E-state index >= 15 is 0 Å². The Kier molecular flexibility index (Phi) is 5.39.